The van der Waals surface area contributed by atoms with Crippen LogP contribution in [0.1, 0.15) is 12.0 Å². The Bertz CT molecular complexity index is 460. The second kappa shape index (κ2) is 5.26. The first-order chi connectivity index (χ1) is 7.90. The van der Waals surface area contributed by atoms with Gasteiger partial charge in [-0.2, -0.15) is 0 Å². The second-order valence-electron chi connectivity index (χ2n) is 3.71. The highest BCUT2D eigenvalue weighted by Crippen LogP contribution is 2.20. The molecule has 1 nitrogen and oxygen atoms in total. The van der Waals surface area contributed by atoms with Gasteiger partial charge < -0.3 is 0 Å². The third-order valence-electron chi connectivity index (χ3n) is 2.55. The molecule has 0 amide bonds. The van der Waals surface area contributed by atoms with Gasteiger partial charge in [-0.05, 0) is 23.1 Å². The maximum absolute atomic E-state index is 10.2. The first-order valence-electron chi connectivity index (χ1n) is 5.39. The zero-order chi connectivity index (χ0) is 11.2. The lowest BCUT2D eigenvalue weighted by Gasteiger charge is -2.04. The molecule has 0 aliphatic heterocycles. The highest BCUT2D eigenvalue weighted by atomic mass is 16.1. The molecule has 2 aromatic rings. The molecule has 2 aromatic carbocycles. The minimum atomic E-state index is 0.470. The largest absolute Gasteiger partial charge is 0.291 e. The van der Waals surface area contributed by atoms with E-state index in [1.807, 2.05) is 36.6 Å². The van der Waals surface area contributed by atoms with Crippen LogP contribution in [0.4, 0.5) is 0 Å². The van der Waals surface area contributed by atoms with Crippen molar-refractivity contribution in [3.63, 3.8) is 0 Å². The van der Waals surface area contributed by atoms with E-state index in [0.29, 0.717) is 6.42 Å². The van der Waals surface area contributed by atoms with Crippen molar-refractivity contribution in [2.24, 2.45) is 0 Å². The van der Waals surface area contributed by atoms with Gasteiger partial charge in [-0.3, -0.25) is 4.79 Å². The van der Waals surface area contributed by atoms with Gasteiger partial charge in [-0.25, -0.2) is 0 Å². The fourth-order valence-corrected chi connectivity index (χ4v) is 1.73. The van der Waals surface area contributed by atoms with Gasteiger partial charge in [0.25, 0.3) is 0 Å². The molecule has 0 saturated carbocycles. The standard InChI is InChI=1S/C15H13O/c16-11-5-7-13-6-4-10-15(12-13)14-8-2-1-3-9-14/h1-4,6,8-10,12H,5,7H2. The molecule has 2 rings (SSSR count). The Morgan fingerprint density at radius 2 is 1.62 bits per heavy atom. The van der Waals surface area contributed by atoms with Gasteiger partial charge in [0.1, 0.15) is 0 Å². The van der Waals surface area contributed by atoms with E-state index >= 15 is 0 Å². The average molecular weight is 209 g/mol. The van der Waals surface area contributed by atoms with Crippen LogP contribution in [0.5, 0.6) is 0 Å². The molecule has 0 atom stereocenters. The molecular formula is C15H13O. The predicted octanol–water partition coefficient (Wildman–Crippen LogP) is 3.40. The van der Waals surface area contributed by atoms with Crippen molar-refractivity contribution >= 4 is 6.29 Å². The van der Waals surface area contributed by atoms with Crippen LogP contribution in [0.25, 0.3) is 11.1 Å². The summed E-state index contributed by atoms with van der Waals surface area (Å²) in [5.74, 6) is 0. The first-order valence-corrected chi connectivity index (χ1v) is 5.39. The van der Waals surface area contributed by atoms with Crippen molar-refractivity contribution < 1.29 is 4.79 Å². The molecule has 0 saturated heterocycles. The number of carbonyl (C=O) groups excluding carboxylic acids is 1. The van der Waals surface area contributed by atoms with E-state index in [2.05, 4.69) is 24.3 Å². The van der Waals surface area contributed by atoms with Crippen LogP contribution >= 0.6 is 0 Å². The molecule has 1 heteroatoms. The van der Waals surface area contributed by atoms with Gasteiger partial charge in [-0.1, -0.05) is 54.6 Å². The van der Waals surface area contributed by atoms with E-state index in [1.54, 1.807) is 0 Å². The summed E-state index contributed by atoms with van der Waals surface area (Å²) in [6.07, 6.45) is 3.16. The molecule has 0 unspecified atom stereocenters. The highest BCUT2D eigenvalue weighted by molar-refractivity contribution is 5.64. The molecule has 0 heterocycles. The summed E-state index contributed by atoms with van der Waals surface area (Å²) in [7, 11) is 0. The summed E-state index contributed by atoms with van der Waals surface area (Å²) >= 11 is 0. The smallest absolute Gasteiger partial charge is 0.198 e. The van der Waals surface area contributed by atoms with E-state index in [9.17, 15) is 4.79 Å². The number of aryl methyl sites for hydroxylation is 1. The molecule has 0 N–H and O–H groups in total. The predicted molar refractivity (Wildman–Crippen MR) is 65.9 cm³/mol. The van der Waals surface area contributed by atoms with Crippen LogP contribution in [0.15, 0.2) is 54.6 Å². The molecular weight excluding hydrogens is 196 g/mol. The second-order valence-corrected chi connectivity index (χ2v) is 3.71. The minimum absolute atomic E-state index is 0.470. The Balaban J connectivity index is 2.25. The highest BCUT2D eigenvalue weighted by Gasteiger charge is 1.98. The van der Waals surface area contributed by atoms with Crippen molar-refractivity contribution in [3.8, 4) is 11.1 Å². The van der Waals surface area contributed by atoms with Gasteiger partial charge in [-0.15, -0.1) is 0 Å². The van der Waals surface area contributed by atoms with E-state index in [1.165, 1.54) is 16.7 Å². The number of rotatable bonds is 4. The van der Waals surface area contributed by atoms with Crippen LogP contribution in [0.2, 0.25) is 0 Å². The van der Waals surface area contributed by atoms with Crippen LogP contribution < -0.4 is 0 Å². The average Bonchev–Trinajstić information content (AvgIpc) is 2.38. The molecule has 0 spiro atoms. The number of hydrogen-bond acceptors (Lipinski definition) is 1. The summed E-state index contributed by atoms with van der Waals surface area (Å²) < 4.78 is 0. The van der Waals surface area contributed by atoms with Gasteiger partial charge in [0, 0.05) is 6.42 Å². The fourth-order valence-electron chi connectivity index (χ4n) is 1.73. The van der Waals surface area contributed by atoms with Crippen LogP contribution in [-0.2, 0) is 11.2 Å². The maximum Gasteiger partial charge on any atom is 0.198 e. The molecule has 0 aromatic heterocycles. The molecule has 0 bridgehead atoms. The van der Waals surface area contributed by atoms with Crippen molar-refractivity contribution in [1.29, 1.82) is 0 Å². The lowest BCUT2D eigenvalue weighted by Crippen LogP contribution is -1.86. The third-order valence-corrected chi connectivity index (χ3v) is 2.55. The van der Waals surface area contributed by atoms with E-state index in [4.69, 9.17) is 0 Å². The Morgan fingerprint density at radius 3 is 2.38 bits per heavy atom. The lowest BCUT2D eigenvalue weighted by molar-refractivity contribution is 0.551. The van der Waals surface area contributed by atoms with Crippen LogP contribution in [0, 0.1) is 0 Å². The Kier molecular flexibility index (Phi) is 3.50. The molecule has 79 valence electrons. The van der Waals surface area contributed by atoms with Gasteiger partial charge >= 0.3 is 0 Å². The third kappa shape index (κ3) is 2.57. The summed E-state index contributed by atoms with van der Waals surface area (Å²) in [5.41, 5.74) is 3.59. The summed E-state index contributed by atoms with van der Waals surface area (Å²) in [5, 5.41) is 0. The molecule has 16 heavy (non-hydrogen) atoms. The molecule has 0 aliphatic carbocycles. The SMILES string of the molecule is O=[C]CCc1cccc(-c2ccccc2)c1. The first kappa shape index (κ1) is 10.6. The maximum atomic E-state index is 10.2. The fraction of sp³-hybridized carbons (Fsp3) is 0.133. The summed E-state index contributed by atoms with van der Waals surface area (Å²) in [6.45, 7) is 0. The summed E-state index contributed by atoms with van der Waals surface area (Å²) in [4.78, 5) is 10.2. The normalized spacial score (nSPS) is 10.0. The van der Waals surface area contributed by atoms with Crippen molar-refractivity contribution in [2.45, 2.75) is 12.8 Å². The Hall–Kier alpha value is -1.89. The Labute approximate surface area is 95.7 Å². The van der Waals surface area contributed by atoms with E-state index in [-0.39, 0.29) is 0 Å². The Morgan fingerprint density at radius 1 is 0.875 bits per heavy atom. The summed E-state index contributed by atoms with van der Waals surface area (Å²) in [6, 6.07) is 18.5. The zero-order valence-electron chi connectivity index (χ0n) is 9.02. The quantitative estimate of drug-likeness (QED) is 0.754. The molecule has 0 fully saturated rings. The molecule has 1 radical (unpaired) electrons. The number of benzene rings is 2. The van der Waals surface area contributed by atoms with Crippen molar-refractivity contribution in [1.82, 2.24) is 0 Å². The van der Waals surface area contributed by atoms with Crippen LogP contribution in [0.3, 0.4) is 0 Å². The minimum Gasteiger partial charge on any atom is -0.291 e. The van der Waals surface area contributed by atoms with Gasteiger partial charge in [0.15, 0.2) is 6.29 Å². The lowest BCUT2D eigenvalue weighted by atomic mass is 10.0. The number of hydrogen-bond donors (Lipinski definition) is 0. The van der Waals surface area contributed by atoms with Gasteiger partial charge in [0.2, 0.25) is 0 Å². The van der Waals surface area contributed by atoms with Gasteiger partial charge in [0.05, 0.1) is 0 Å². The van der Waals surface area contributed by atoms with E-state index < -0.39 is 0 Å². The zero-order valence-corrected chi connectivity index (χ0v) is 9.02. The van der Waals surface area contributed by atoms with Crippen molar-refractivity contribution in [3.05, 3.63) is 60.2 Å². The topological polar surface area (TPSA) is 17.1 Å². The van der Waals surface area contributed by atoms with Crippen LogP contribution in [-0.4, -0.2) is 6.29 Å². The van der Waals surface area contributed by atoms with Crippen molar-refractivity contribution in [2.75, 3.05) is 0 Å². The molecule has 0 aliphatic rings. The monoisotopic (exact) mass is 209 g/mol. The van der Waals surface area contributed by atoms with E-state index in [0.717, 1.165) is 6.42 Å².